The van der Waals surface area contributed by atoms with Gasteiger partial charge in [-0.15, -0.1) is 0 Å². The van der Waals surface area contributed by atoms with Gasteiger partial charge in [-0.1, -0.05) is 6.42 Å². The highest BCUT2D eigenvalue weighted by atomic mass is 15.2. The topological polar surface area (TPSA) is 41.1 Å². The minimum Gasteiger partial charge on any atom is -0.310 e. The van der Waals surface area contributed by atoms with E-state index >= 15 is 0 Å². The second-order valence-corrected chi connectivity index (χ2v) is 4.86. The highest BCUT2D eigenvalue weighted by Gasteiger charge is 2.17. The first-order valence-electron chi connectivity index (χ1n) is 6.45. The van der Waals surface area contributed by atoms with E-state index in [4.69, 9.17) is 0 Å². The van der Waals surface area contributed by atoms with Crippen molar-refractivity contribution in [2.24, 2.45) is 0 Å². The minimum atomic E-state index is 0.687. The lowest BCUT2D eigenvalue weighted by atomic mass is 10.0. The van der Waals surface area contributed by atoms with Crippen molar-refractivity contribution in [2.45, 2.75) is 38.8 Å². The molecule has 0 bridgehead atoms. The molecule has 17 heavy (non-hydrogen) atoms. The first kappa shape index (κ1) is 12.5. The fourth-order valence-electron chi connectivity index (χ4n) is 2.37. The summed E-state index contributed by atoms with van der Waals surface area (Å²) < 4.78 is 0. The SMILES string of the molecule is Cc1nccc(CNCC2CCCCN2C)n1. The summed E-state index contributed by atoms with van der Waals surface area (Å²) in [6, 6.07) is 2.66. The number of nitrogens with one attached hydrogen (secondary N) is 1. The fraction of sp³-hybridized carbons (Fsp3) is 0.692. The first-order chi connectivity index (χ1) is 8.25. The van der Waals surface area contributed by atoms with Gasteiger partial charge in [0.2, 0.25) is 0 Å². The molecular formula is C13H22N4. The molecule has 4 nitrogen and oxygen atoms in total. The molecule has 1 atom stereocenters. The third-order valence-electron chi connectivity index (χ3n) is 3.44. The van der Waals surface area contributed by atoms with E-state index in [1.807, 2.05) is 19.2 Å². The number of aryl methyl sites for hydroxylation is 1. The van der Waals surface area contributed by atoms with E-state index in [0.29, 0.717) is 6.04 Å². The Morgan fingerprint density at radius 1 is 1.47 bits per heavy atom. The molecule has 0 aromatic carbocycles. The van der Waals surface area contributed by atoms with E-state index in [1.54, 1.807) is 0 Å². The molecule has 0 radical (unpaired) electrons. The number of hydrogen-bond acceptors (Lipinski definition) is 4. The molecule has 0 saturated carbocycles. The fourth-order valence-corrected chi connectivity index (χ4v) is 2.37. The monoisotopic (exact) mass is 234 g/mol. The molecular weight excluding hydrogens is 212 g/mol. The zero-order chi connectivity index (χ0) is 12.1. The molecule has 1 aromatic heterocycles. The largest absolute Gasteiger partial charge is 0.310 e. The zero-order valence-corrected chi connectivity index (χ0v) is 10.8. The van der Waals surface area contributed by atoms with Crippen molar-refractivity contribution in [1.82, 2.24) is 20.2 Å². The molecule has 1 aliphatic rings. The predicted molar refractivity (Wildman–Crippen MR) is 68.7 cm³/mol. The molecule has 1 N–H and O–H groups in total. The van der Waals surface area contributed by atoms with Gasteiger partial charge < -0.3 is 10.2 Å². The van der Waals surface area contributed by atoms with Crippen LogP contribution in [0.3, 0.4) is 0 Å². The number of likely N-dealkylation sites (N-methyl/N-ethyl adjacent to an activating group) is 1. The van der Waals surface area contributed by atoms with Crippen LogP contribution in [0.25, 0.3) is 0 Å². The minimum absolute atomic E-state index is 0.687. The lowest BCUT2D eigenvalue weighted by molar-refractivity contribution is 0.181. The summed E-state index contributed by atoms with van der Waals surface area (Å²) in [4.78, 5) is 11.0. The summed E-state index contributed by atoms with van der Waals surface area (Å²) in [6.07, 6.45) is 5.85. The van der Waals surface area contributed by atoms with Gasteiger partial charge in [0.05, 0.1) is 5.69 Å². The number of aromatic nitrogens is 2. The van der Waals surface area contributed by atoms with Gasteiger partial charge in [-0.2, -0.15) is 0 Å². The summed E-state index contributed by atoms with van der Waals surface area (Å²) in [5.41, 5.74) is 1.08. The van der Waals surface area contributed by atoms with Crippen LogP contribution in [0.5, 0.6) is 0 Å². The summed E-state index contributed by atoms with van der Waals surface area (Å²) in [5.74, 6) is 0.846. The summed E-state index contributed by atoms with van der Waals surface area (Å²) >= 11 is 0. The van der Waals surface area contributed by atoms with Crippen LogP contribution in [-0.4, -0.2) is 41.0 Å². The van der Waals surface area contributed by atoms with Gasteiger partial charge in [-0.05, 0) is 39.4 Å². The van der Waals surface area contributed by atoms with Crippen molar-refractivity contribution in [3.63, 3.8) is 0 Å². The van der Waals surface area contributed by atoms with Gasteiger partial charge in [0.25, 0.3) is 0 Å². The Balaban J connectivity index is 1.75. The van der Waals surface area contributed by atoms with E-state index in [0.717, 1.165) is 24.6 Å². The normalized spacial score (nSPS) is 21.6. The summed E-state index contributed by atoms with van der Waals surface area (Å²) in [7, 11) is 2.22. The standard InChI is InChI=1S/C13H22N4/c1-11-15-7-6-12(16-11)9-14-10-13-5-3-4-8-17(13)2/h6-7,13-14H,3-5,8-10H2,1-2H3. The molecule has 0 spiro atoms. The highest BCUT2D eigenvalue weighted by molar-refractivity contribution is 5.01. The Bertz CT molecular complexity index is 353. The first-order valence-corrected chi connectivity index (χ1v) is 6.45. The third kappa shape index (κ3) is 3.75. The van der Waals surface area contributed by atoms with Crippen molar-refractivity contribution in [1.29, 1.82) is 0 Å². The second kappa shape index (κ2) is 6.07. The van der Waals surface area contributed by atoms with E-state index in [2.05, 4.69) is 27.2 Å². The lowest BCUT2D eigenvalue weighted by Gasteiger charge is -2.32. The zero-order valence-electron chi connectivity index (χ0n) is 10.8. The van der Waals surface area contributed by atoms with Crippen LogP contribution >= 0.6 is 0 Å². The second-order valence-electron chi connectivity index (χ2n) is 4.86. The maximum atomic E-state index is 4.39. The Morgan fingerprint density at radius 2 is 2.35 bits per heavy atom. The number of piperidine rings is 1. The van der Waals surface area contributed by atoms with E-state index < -0.39 is 0 Å². The lowest BCUT2D eigenvalue weighted by Crippen LogP contribution is -2.42. The Morgan fingerprint density at radius 3 is 3.12 bits per heavy atom. The van der Waals surface area contributed by atoms with Crippen LogP contribution in [-0.2, 0) is 6.54 Å². The van der Waals surface area contributed by atoms with Gasteiger partial charge in [0.15, 0.2) is 0 Å². The molecule has 1 aliphatic heterocycles. The van der Waals surface area contributed by atoms with Gasteiger partial charge >= 0.3 is 0 Å². The van der Waals surface area contributed by atoms with Crippen LogP contribution in [0, 0.1) is 6.92 Å². The average Bonchev–Trinajstić information content (AvgIpc) is 2.32. The molecule has 0 amide bonds. The molecule has 0 aliphatic carbocycles. The number of likely N-dealkylation sites (tertiary alicyclic amines) is 1. The van der Waals surface area contributed by atoms with E-state index in [9.17, 15) is 0 Å². The molecule has 1 fully saturated rings. The average molecular weight is 234 g/mol. The Kier molecular flexibility index (Phi) is 4.45. The molecule has 1 saturated heterocycles. The van der Waals surface area contributed by atoms with Gasteiger partial charge in [-0.3, -0.25) is 0 Å². The third-order valence-corrected chi connectivity index (χ3v) is 3.44. The van der Waals surface area contributed by atoms with Crippen LogP contribution in [0.1, 0.15) is 30.8 Å². The Hall–Kier alpha value is -1.00. The predicted octanol–water partition coefficient (Wildman–Crippen LogP) is 1.36. The quantitative estimate of drug-likeness (QED) is 0.854. The molecule has 1 aromatic rings. The molecule has 1 unspecified atom stereocenters. The maximum absolute atomic E-state index is 4.39. The van der Waals surface area contributed by atoms with E-state index in [1.165, 1.54) is 25.8 Å². The van der Waals surface area contributed by atoms with Crippen molar-refractivity contribution in [3.8, 4) is 0 Å². The number of hydrogen-bond donors (Lipinski definition) is 1. The summed E-state index contributed by atoms with van der Waals surface area (Å²) in [6.45, 7) is 5.06. The molecule has 2 rings (SSSR count). The van der Waals surface area contributed by atoms with Gasteiger partial charge in [0.1, 0.15) is 5.82 Å². The van der Waals surface area contributed by atoms with Crippen molar-refractivity contribution in [2.75, 3.05) is 20.1 Å². The molecule has 2 heterocycles. The summed E-state index contributed by atoms with van der Waals surface area (Å²) in [5, 5.41) is 3.50. The van der Waals surface area contributed by atoms with Gasteiger partial charge in [-0.25, -0.2) is 9.97 Å². The van der Waals surface area contributed by atoms with Crippen molar-refractivity contribution < 1.29 is 0 Å². The van der Waals surface area contributed by atoms with Crippen LogP contribution in [0.2, 0.25) is 0 Å². The highest BCUT2D eigenvalue weighted by Crippen LogP contribution is 2.13. The maximum Gasteiger partial charge on any atom is 0.125 e. The molecule has 4 heteroatoms. The van der Waals surface area contributed by atoms with Crippen LogP contribution in [0.15, 0.2) is 12.3 Å². The van der Waals surface area contributed by atoms with Gasteiger partial charge in [0, 0.05) is 25.3 Å². The van der Waals surface area contributed by atoms with Crippen molar-refractivity contribution in [3.05, 3.63) is 23.8 Å². The van der Waals surface area contributed by atoms with Crippen LogP contribution < -0.4 is 5.32 Å². The number of nitrogens with zero attached hydrogens (tertiary/aromatic N) is 3. The smallest absolute Gasteiger partial charge is 0.125 e. The molecule has 94 valence electrons. The van der Waals surface area contributed by atoms with E-state index in [-0.39, 0.29) is 0 Å². The Labute approximate surface area is 103 Å². The van der Waals surface area contributed by atoms with Crippen molar-refractivity contribution >= 4 is 0 Å². The van der Waals surface area contributed by atoms with Crippen LogP contribution in [0.4, 0.5) is 0 Å². The number of rotatable bonds is 4.